The fourth-order valence-electron chi connectivity index (χ4n) is 3.19. The first-order valence-corrected chi connectivity index (χ1v) is 11.1. The van der Waals surface area contributed by atoms with E-state index in [2.05, 4.69) is 9.71 Å². The number of nitrogens with one attached hydrogen (secondary N) is 1. The molecule has 3 aromatic carbocycles. The third-order valence-corrected chi connectivity index (χ3v) is 6.94. The van der Waals surface area contributed by atoms with Gasteiger partial charge in [-0.05, 0) is 23.6 Å². The lowest BCUT2D eigenvalue weighted by molar-refractivity contribution is 0.297. The quantitative estimate of drug-likeness (QED) is 0.539. The molecule has 0 fully saturated rings. The van der Waals surface area contributed by atoms with Crippen molar-refractivity contribution in [3.05, 3.63) is 54.6 Å². The van der Waals surface area contributed by atoms with Gasteiger partial charge in [-0.1, -0.05) is 41.7 Å². The first kappa shape index (κ1) is 17.3. The van der Waals surface area contributed by atoms with Gasteiger partial charge in [0.2, 0.25) is 0 Å². The number of rotatable bonds is 3. The van der Waals surface area contributed by atoms with E-state index >= 15 is 0 Å². The van der Waals surface area contributed by atoms with Gasteiger partial charge in [-0.2, -0.15) is 0 Å². The Kier molecular flexibility index (Phi) is 4.10. The molecule has 28 heavy (non-hydrogen) atoms. The Morgan fingerprint density at radius 1 is 0.964 bits per heavy atom. The monoisotopic (exact) mass is 412 g/mol. The van der Waals surface area contributed by atoms with Crippen LogP contribution in [0.25, 0.3) is 21.0 Å². The zero-order valence-electron chi connectivity index (χ0n) is 14.7. The number of sulfonamides is 1. The maximum atomic E-state index is 12.9. The van der Waals surface area contributed by atoms with Crippen LogP contribution in [0, 0.1) is 0 Å². The lowest BCUT2D eigenvalue weighted by Gasteiger charge is -2.10. The highest BCUT2D eigenvalue weighted by Gasteiger charge is 2.20. The van der Waals surface area contributed by atoms with Gasteiger partial charge in [0.25, 0.3) is 10.0 Å². The molecule has 5 rings (SSSR count). The van der Waals surface area contributed by atoms with Crippen LogP contribution in [0.2, 0.25) is 0 Å². The molecule has 1 aliphatic heterocycles. The van der Waals surface area contributed by atoms with Crippen LogP contribution in [-0.4, -0.2) is 26.6 Å². The fraction of sp³-hybridized carbons (Fsp3) is 0.150. The standard InChI is InChI=1S/C20H16N2O4S2/c23-28(24,14-7-8-16-17(12-14)26-11-3-10-25-16)22-20-21-19-15-5-2-1-4-13(15)6-9-18(19)27-20/h1-2,4-9,12H,3,10-11H2,(H,21,22). The molecular formula is C20H16N2O4S2. The van der Waals surface area contributed by atoms with Crippen LogP contribution in [0.1, 0.15) is 6.42 Å². The summed E-state index contributed by atoms with van der Waals surface area (Å²) in [6, 6.07) is 16.5. The van der Waals surface area contributed by atoms with Gasteiger partial charge in [-0.3, -0.25) is 4.72 Å². The molecule has 0 atom stereocenters. The summed E-state index contributed by atoms with van der Waals surface area (Å²) in [4.78, 5) is 4.64. The number of aromatic nitrogens is 1. The Morgan fingerprint density at radius 2 is 1.79 bits per heavy atom. The predicted molar refractivity (Wildman–Crippen MR) is 110 cm³/mol. The van der Waals surface area contributed by atoms with Crippen molar-refractivity contribution in [2.45, 2.75) is 11.3 Å². The summed E-state index contributed by atoms with van der Waals surface area (Å²) in [5, 5.41) is 2.40. The number of anilines is 1. The van der Waals surface area contributed by atoms with Crippen molar-refractivity contribution in [2.75, 3.05) is 17.9 Å². The highest BCUT2D eigenvalue weighted by molar-refractivity contribution is 7.93. The topological polar surface area (TPSA) is 77.5 Å². The van der Waals surface area contributed by atoms with E-state index < -0.39 is 10.0 Å². The Bertz CT molecular complexity index is 1300. The maximum Gasteiger partial charge on any atom is 0.263 e. The van der Waals surface area contributed by atoms with Gasteiger partial charge in [0, 0.05) is 17.9 Å². The van der Waals surface area contributed by atoms with Crippen molar-refractivity contribution in [3.63, 3.8) is 0 Å². The van der Waals surface area contributed by atoms with Crippen LogP contribution in [0.15, 0.2) is 59.5 Å². The molecule has 8 heteroatoms. The molecule has 142 valence electrons. The van der Waals surface area contributed by atoms with Crippen molar-refractivity contribution in [1.82, 2.24) is 4.98 Å². The summed E-state index contributed by atoms with van der Waals surface area (Å²) >= 11 is 1.31. The van der Waals surface area contributed by atoms with Gasteiger partial charge < -0.3 is 9.47 Å². The number of nitrogens with zero attached hydrogens (tertiary/aromatic N) is 1. The van der Waals surface area contributed by atoms with E-state index in [1.165, 1.54) is 23.5 Å². The third kappa shape index (κ3) is 3.04. The second-order valence-electron chi connectivity index (χ2n) is 6.42. The maximum absolute atomic E-state index is 12.9. The number of ether oxygens (including phenoxy) is 2. The van der Waals surface area contributed by atoms with Crippen molar-refractivity contribution >= 4 is 47.5 Å². The van der Waals surface area contributed by atoms with Crippen molar-refractivity contribution in [1.29, 1.82) is 0 Å². The van der Waals surface area contributed by atoms with E-state index in [0.29, 0.717) is 29.8 Å². The highest BCUT2D eigenvalue weighted by Crippen LogP contribution is 2.35. The lowest BCUT2D eigenvalue weighted by atomic mass is 10.1. The number of fused-ring (bicyclic) bond motifs is 4. The molecule has 0 radical (unpaired) electrons. The summed E-state index contributed by atoms with van der Waals surface area (Å²) in [5.41, 5.74) is 0.791. The Hall–Kier alpha value is -2.84. The summed E-state index contributed by atoms with van der Waals surface area (Å²) < 4.78 is 40.4. The molecule has 0 saturated heterocycles. The van der Waals surface area contributed by atoms with E-state index in [0.717, 1.165) is 27.4 Å². The number of hydrogen-bond donors (Lipinski definition) is 1. The van der Waals surface area contributed by atoms with Crippen LogP contribution >= 0.6 is 11.3 Å². The van der Waals surface area contributed by atoms with Gasteiger partial charge in [0.15, 0.2) is 16.6 Å². The van der Waals surface area contributed by atoms with Gasteiger partial charge in [0.1, 0.15) is 0 Å². The molecule has 0 aliphatic carbocycles. The Balaban J connectivity index is 1.51. The van der Waals surface area contributed by atoms with Crippen LogP contribution in [0.5, 0.6) is 11.5 Å². The van der Waals surface area contributed by atoms with Crippen LogP contribution in [0.3, 0.4) is 0 Å². The van der Waals surface area contributed by atoms with Crippen LogP contribution in [0.4, 0.5) is 5.13 Å². The number of thiazole rings is 1. The molecule has 6 nitrogen and oxygen atoms in total. The molecule has 1 N–H and O–H groups in total. The largest absolute Gasteiger partial charge is 0.490 e. The second kappa shape index (κ2) is 6.65. The predicted octanol–water partition coefficient (Wildman–Crippen LogP) is 4.41. The average molecular weight is 412 g/mol. The lowest BCUT2D eigenvalue weighted by Crippen LogP contribution is -2.13. The van der Waals surface area contributed by atoms with Gasteiger partial charge >= 0.3 is 0 Å². The molecule has 0 amide bonds. The first-order valence-electron chi connectivity index (χ1n) is 8.81. The molecule has 1 aliphatic rings. The van der Waals surface area contributed by atoms with Gasteiger partial charge in [-0.25, -0.2) is 13.4 Å². The normalized spacial score (nSPS) is 14.1. The molecule has 0 saturated carbocycles. The second-order valence-corrected chi connectivity index (χ2v) is 9.13. The first-order chi connectivity index (χ1) is 13.6. The van der Waals surface area contributed by atoms with Crippen LogP contribution in [-0.2, 0) is 10.0 Å². The molecule has 0 bridgehead atoms. The van der Waals surface area contributed by atoms with Crippen LogP contribution < -0.4 is 14.2 Å². The summed E-state index contributed by atoms with van der Waals surface area (Å²) in [5.74, 6) is 0.999. The van der Waals surface area contributed by atoms with E-state index in [9.17, 15) is 8.42 Å². The summed E-state index contributed by atoms with van der Waals surface area (Å²) in [7, 11) is -3.80. The number of benzene rings is 3. The fourth-order valence-corrected chi connectivity index (χ4v) is 5.32. The highest BCUT2D eigenvalue weighted by atomic mass is 32.2. The van der Waals surface area contributed by atoms with Crippen molar-refractivity contribution in [3.8, 4) is 11.5 Å². The third-order valence-electron chi connectivity index (χ3n) is 4.53. The smallest absolute Gasteiger partial charge is 0.263 e. The minimum absolute atomic E-state index is 0.112. The van der Waals surface area contributed by atoms with Crippen molar-refractivity contribution < 1.29 is 17.9 Å². The summed E-state index contributed by atoms with van der Waals surface area (Å²) in [6.45, 7) is 1.05. The number of hydrogen-bond acceptors (Lipinski definition) is 6. The molecule has 2 heterocycles. The SMILES string of the molecule is O=S(=O)(Nc1nc2c(ccc3ccccc32)s1)c1ccc2c(c1)OCCCO2. The van der Waals surface area contributed by atoms with E-state index in [4.69, 9.17) is 9.47 Å². The summed E-state index contributed by atoms with van der Waals surface area (Å²) in [6.07, 6.45) is 0.759. The molecule has 1 aromatic heterocycles. The average Bonchev–Trinajstić information content (AvgIpc) is 2.95. The van der Waals surface area contributed by atoms with Gasteiger partial charge in [0.05, 0.1) is 28.3 Å². The van der Waals surface area contributed by atoms with E-state index in [1.807, 2.05) is 36.4 Å². The van der Waals surface area contributed by atoms with E-state index in [1.54, 1.807) is 6.07 Å². The minimum atomic E-state index is -3.80. The Morgan fingerprint density at radius 3 is 2.68 bits per heavy atom. The zero-order valence-corrected chi connectivity index (χ0v) is 16.3. The van der Waals surface area contributed by atoms with E-state index in [-0.39, 0.29) is 4.90 Å². The zero-order chi connectivity index (χ0) is 19.1. The molecule has 0 unspecified atom stereocenters. The molecule has 0 spiro atoms. The van der Waals surface area contributed by atoms with Crippen molar-refractivity contribution in [2.24, 2.45) is 0 Å². The minimum Gasteiger partial charge on any atom is -0.490 e. The van der Waals surface area contributed by atoms with Gasteiger partial charge in [-0.15, -0.1) is 0 Å². The Labute approximate surface area is 165 Å². The molecule has 4 aromatic rings. The molecular weight excluding hydrogens is 396 g/mol.